The summed E-state index contributed by atoms with van der Waals surface area (Å²) in [5, 5.41) is 0. The molecule has 0 aromatic heterocycles. The summed E-state index contributed by atoms with van der Waals surface area (Å²) in [5.74, 6) is -0.867. The van der Waals surface area contributed by atoms with Crippen molar-refractivity contribution in [2.45, 2.75) is 32.0 Å². The molecule has 0 spiro atoms. The summed E-state index contributed by atoms with van der Waals surface area (Å²) in [6, 6.07) is 0. The Labute approximate surface area is 87.0 Å². The Bertz CT molecular complexity index is 209. The lowest BCUT2D eigenvalue weighted by Crippen LogP contribution is -2.41. The molecule has 0 fully saturated rings. The molecule has 4 heteroatoms. The maximum atomic E-state index is 11.5. The second-order valence-electron chi connectivity index (χ2n) is 3.24. The van der Waals surface area contributed by atoms with Gasteiger partial charge in [-0.1, -0.05) is 29.8 Å². The normalized spacial score (nSPS) is 15.2. The molecule has 0 saturated heterocycles. The molecule has 76 valence electrons. The van der Waals surface area contributed by atoms with Crippen LogP contribution in [0, 0.1) is 5.92 Å². The maximum Gasteiger partial charge on any atom is 0.330 e. The second-order valence-corrected chi connectivity index (χ2v) is 4.83. The Hall–Kier alpha value is -0.380. The second kappa shape index (κ2) is 4.74. The van der Waals surface area contributed by atoms with E-state index in [1.807, 2.05) is 0 Å². The number of esters is 1. The average molecular weight is 251 g/mol. The molecule has 1 atom stereocenters. The molecule has 0 aromatic rings. The first kappa shape index (κ1) is 12.6. The van der Waals surface area contributed by atoms with Crippen LogP contribution in [0.5, 0.6) is 0 Å². The van der Waals surface area contributed by atoms with Gasteiger partial charge in [-0.3, -0.25) is 9.59 Å². The van der Waals surface area contributed by atoms with Crippen LogP contribution in [0.3, 0.4) is 0 Å². The van der Waals surface area contributed by atoms with Crippen molar-refractivity contribution < 1.29 is 14.3 Å². The van der Waals surface area contributed by atoms with Crippen molar-refractivity contribution in [2.24, 2.45) is 5.92 Å². The van der Waals surface area contributed by atoms with Gasteiger partial charge in [-0.15, -0.1) is 0 Å². The Morgan fingerprint density at radius 3 is 2.23 bits per heavy atom. The quantitative estimate of drug-likeness (QED) is 0.435. The van der Waals surface area contributed by atoms with Crippen LogP contribution in [0.2, 0.25) is 0 Å². The highest BCUT2D eigenvalue weighted by Crippen LogP contribution is 2.24. The van der Waals surface area contributed by atoms with Crippen LogP contribution < -0.4 is 0 Å². The third-order valence-corrected chi connectivity index (χ3v) is 2.36. The van der Waals surface area contributed by atoms with Crippen LogP contribution in [0.4, 0.5) is 0 Å². The van der Waals surface area contributed by atoms with E-state index in [2.05, 4.69) is 15.9 Å². The molecule has 0 radical (unpaired) electrons. The fourth-order valence-electron chi connectivity index (χ4n) is 0.909. The Morgan fingerprint density at radius 1 is 1.46 bits per heavy atom. The van der Waals surface area contributed by atoms with Crippen molar-refractivity contribution in [3.8, 4) is 0 Å². The molecular formula is C9H15BrO3. The number of carbonyl (C=O) groups excluding carboxylic acids is 2. The molecule has 0 aliphatic carbocycles. The summed E-state index contributed by atoms with van der Waals surface area (Å²) in [6.07, 6.45) is 0. The molecule has 0 aliphatic heterocycles. The maximum absolute atomic E-state index is 11.5. The van der Waals surface area contributed by atoms with Crippen LogP contribution in [0.1, 0.15) is 27.7 Å². The van der Waals surface area contributed by atoms with Crippen molar-refractivity contribution in [2.75, 3.05) is 6.61 Å². The van der Waals surface area contributed by atoms with E-state index in [4.69, 9.17) is 4.74 Å². The first-order chi connectivity index (χ1) is 5.84. The number of ketones is 1. The van der Waals surface area contributed by atoms with E-state index in [0.29, 0.717) is 0 Å². The summed E-state index contributed by atoms with van der Waals surface area (Å²) in [6.45, 7) is 7.02. The third kappa shape index (κ3) is 3.10. The molecule has 1 unspecified atom stereocenters. The summed E-state index contributed by atoms with van der Waals surface area (Å²) in [7, 11) is 0. The minimum atomic E-state index is -1.20. The van der Waals surface area contributed by atoms with Gasteiger partial charge in [0.25, 0.3) is 0 Å². The fraction of sp³-hybridized carbons (Fsp3) is 0.778. The van der Waals surface area contributed by atoms with Gasteiger partial charge in [-0.25, -0.2) is 0 Å². The number of alkyl halides is 1. The van der Waals surface area contributed by atoms with Gasteiger partial charge in [-0.2, -0.15) is 0 Å². The Kier molecular flexibility index (Phi) is 4.61. The zero-order chi connectivity index (χ0) is 10.6. The number of rotatable bonds is 4. The standard InChI is InChI=1S/C9H15BrO3/c1-5-13-8(12)9(4,10)7(11)6(2)3/h6H,5H2,1-4H3. The smallest absolute Gasteiger partial charge is 0.330 e. The Balaban J connectivity index is 4.55. The summed E-state index contributed by atoms with van der Waals surface area (Å²) >= 11 is 3.09. The lowest BCUT2D eigenvalue weighted by molar-refractivity contribution is -0.149. The molecular weight excluding hydrogens is 236 g/mol. The van der Waals surface area contributed by atoms with Gasteiger partial charge < -0.3 is 4.74 Å². The van der Waals surface area contributed by atoms with E-state index >= 15 is 0 Å². The molecule has 0 saturated carbocycles. The van der Waals surface area contributed by atoms with Crippen LogP contribution in [0.15, 0.2) is 0 Å². The molecule has 0 aliphatic rings. The predicted octanol–water partition coefficient (Wildman–Crippen LogP) is 1.93. The summed E-state index contributed by atoms with van der Waals surface area (Å²) in [5.41, 5.74) is 0. The molecule has 0 aromatic carbocycles. The van der Waals surface area contributed by atoms with E-state index in [9.17, 15) is 9.59 Å². The number of halogens is 1. The van der Waals surface area contributed by atoms with Gasteiger partial charge in [0, 0.05) is 5.92 Å². The monoisotopic (exact) mass is 250 g/mol. The van der Waals surface area contributed by atoms with Crippen LogP contribution in [0.25, 0.3) is 0 Å². The summed E-state index contributed by atoms with van der Waals surface area (Å²) < 4.78 is 3.57. The third-order valence-electron chi connectivity index (χ3n) is 1.65. The van der Waals surface area contributed by atoms with Crippen molar-refractivity contribution in [1.29, 1.82) is 0 Å². The van der Waals surface area contributed by atoms with Crippen LogP contribution >= 0.6 is 15.9 Å². The van der Waals surface area contributed by atoms with E-state index in [-0.39, 0.29) is 18.3 Å². The first-order valence-corrected chi connectivity index (χ1v) is 5.03. The van der Waals surface area contributed by atoms with Gasteiger partial charge in [0.1, 0.15) is 0 Å². The lowest BCUT2D eigenvalue weighted by Gasteiger charge is -2.20. The van der Waals surface area contributed by atoms with Gasteiger partial charge in [0.15, 0.2) is 10.1 Å². The molecule has 0 N–H and O–H groups in total. The zero-order valence-corrected chi connectivity index (χ0v) is 9.97. The predicted molar refractivity (Wildman–Crippen MR) is 53.8 cm³/mol. The van der Waals surface area contributed by atoms with E-state index in [1.54, 1.807) is 20.8 Å². The highest BCUT2D eigenvalue weighted by molar-refractivity contribution is 9.10. The van der Waals surface area contributed by atoms with Gasteiger partial charge in [0.05, 0.1) is 6.61 Å². The molecule has 0 rings (SSSR count). The molecule has 3 nitrogen and oxygen atoms in total. The molecule has 13 heavy (non-hydrogen) atoms. The van der Waals surface area contributed by atoms with Crippen molar-refractivity contribution in [1.82, 2.24) is 0 Å². The number of carbonyl (C=O) groups is 2. The van der Waals surface area contributed by atoms with Gasteiger partial charge in [-0.05, 0) is 13.8 Å². The average Bonchev–Trinajstić information content (AvgIpc) is 2.03. The van der Waals surface area contributed by atoms with Gasteiger partial charge >= 0.3 is 5.97 Å². The van der Waals surface area contributed by atoms with E-state index < -0.39 is 10.3 Å². The van der Waals surface area contributed by atoms with Crippen molar-refractivity contribution >= 4 is 27.7 Å². The molecule has 0 heterocycles. The number of Topliss-reactive ketones (excluding diaryl/α,β-unsaturated/α-hetero) is 1. The van der Waals surface area contributed by atoms with Crippen LogP contribution in [-0.2, 0) is 14.3 Å². The number of hydrogen-bond acceptors (Lipinski definition) is 3. The fourth-order valence-corrected chi connectivity index (χ4v) is 1.48. The minimum Gasteiger partial charge on any atom is -0.465 e. The van der Waals surface area contributed by atoms with Crippen LogP contribution in [-0.4, -0.2) is 22.7 Å². The SMILES string of the molecule is CCOC(=O)C(C)(Br)C(=O)C(C)C. The molecule has 0 bridgehead atoms. The topological polar surface area (TPSA) is 43.4 Å². The van der Waals surface area contributed by atoms with E-state index in [1.165, 1.54) is 6.92 Å². The highest BCUT2D eigenvalue weighted by atomic mass is 79.9. The number of hydrogen-bond donors (Lipinski definition) is 0. The minimum absolute atomic E-state index is 0.161. The Morgan fingerprint density at radius 2 is 1.92 bits per heavy atom. The number of ether oxygens (including phenoxy) is 1. The summed E-state index contributed by atoms with van der Waals surface area (Å²) in [4.78, 5) is 22.9. The first-order valence-electron chi connectivity index (χ1n) is 4.24. The molecule has 0 amide bonds. The lowest BCUT2D eigenvalue weighted by atomic mass is 9.97. The van der Waals surface area contributed by atoms with Crippen molar-refractivity contribution in [3.05, 3.63) is 0 Å². The highest BCUT2D eigenvalue weighted by Gasteiger charge is 2.40. The largest absolute Gasteiger partial charge is 0.465 e. The zero-order valence-electron chi connectivity index (χ0n) is 8.39. The van der Waals surface area contributed by atoms with Gasteiger partial charge in [0.2, 0.25) is 0 Å². The van der Waals surface area contributed by atoms with Crippen molar-refractivity contribution in [3.63, 3.8) is 0 Å². The van der Waals surface area contributed by atoms with E-state index in [0.717, 1.165) is 0 Å².